The molecule has 0 aliphatic carbocycles. The molecule has 1 heterocycles. The fourth-order valence-electron chi connectivity index (χ4n) is 3.09. The fourth-order valence-corrected chi connectivity index (χ4v) is 3.09. The normalized spacial score (nSPS) is 23.3. The Labute approximate surface area is 124 Å². The van der Waals surface area contributed by atoms with Gasteiger partial charge in [-0.1, -0.05) is 32.6 Å². The summed E-state index contributed by atoms with van der Waals surface area (Å²) in [6.45, 7) is 7.86. The maximum Gasteiger partial charge on any atom is 0.234 e. The van der Waals surface area contributed by atoms with Crippen LogP contribution in [0, 0.1) is 0 Å². The maximum atomic E-state index is 12.1. The van der Waals surface area contributed by atoms with E-state index in [1.54, 1.807) is 0 Å². The predicted molar refractivity (Wildman–Crippen MR) is 84.6 cm³/mol. The van der Waals surface area contributed by atoms with Gasteiger partial charge < -0.3 is 11.1 Å². The lowest BCUT2D eigenvalue weighted by molar-refractivity contribution is -0.123. The van der Waals surface area contributed by atoms with Gasteiger partial charge in [0, 0.05) is 18.1 Å². The first-order valence-corrected chi connectivity index (χ1v) is 8.33. The SMILES string of the molecule is CCCCCC(C)NC(=O)CN1CCCCC1C(C)N. The number of hydrogen-bond donors (Lipinski definition) is 2. The first kappa shape index (κ1) is 17.4. The molecule has 4 nitrogen and oxygen atoms in total. The largest absolute Gasteiger partial charge is 0.353 e. The quantitative estimate of drug-likeness (QED) is 0.672. The summed E-state index contributed by atoms with van der Waals surface area (Å²) < 4.78 is 0. The molecule has 1 saturated heterocycles. The molecule has 1 aliphatic heterocycles. The zero-order chi connectivity index (χ0) is 15.0. The number of nitrogens with one attached hydrogen (secondary N) is 1. The van der Waals surface area contributed by atoms with E-state index in [2.05, 4.69) is 24.1 Å². The van der Waals surface area contributed by atoms with Crippen molar-refractivity contribution in [3.63, 3.8) is 0 Å². The monoisotopic (exact) mass is 283 g/mol. The Balaban J connectivity index is 2.32. The zero-order valence-electron chi connectivity index (χ0n) is 13.5. The number of rotatable bonds is 8. The second kappa shape index (κ2) is 9.35. The van der Waals surface area contributed by atoms with Crippen molar-refractivity contribution < 1.29 is 4.79 Å². The van der Waals surface area contributed by atoms with E-state index in [9.17, 15) is 4.79 Å². The number of carbonyl (C=O) groups is 1. The minimum Gasteiger partial charge on any atom is -0.353 e. The molecule has 0 aromatic rings. The molecule has 3 atom stereocenters. The van der Waals surface area contributed by atoms with Gasteiger partial charge in [0.05, 0.1) is 6.54 Å². The van der Waals surface area contributed by atoms with Crippen LogP contribution in [0.15, 0.2) is 0 Å². The van der Waals surface area contributed by atoms with Gasteiger partial charge in [-0.2, -0.15) is 0 Å². The molecule has 0 aromatic heterocycles. The van der Waals surface area contributed by atoms with E-state index in [1.807, 2.05) is 6.92 Å². The van der Waals surface area contributed by atoms with Crippen molar-refractivity contribution in [2.45, 2.75) is 83.8 Å². The van der Waals surface area contributed by atoms with Crippen molar-refractivity contribution in [3.05, 3.63) is 0 Å². The van der Waals surface area contributed by atoms with Gasteiger partial charge >= 0.3 is 0 Å². The topological polar surface area (TPSA) is 58.4 Å². The highest BCUT2D eigenvalue weighted by Gasteiger charge is 2.26. The lowest BCUT2D eigenvalue weighted by Gasteiger charge is -2.37. The summed E-state index contributed by atoms with van der Waals surface area (Å²) in [5, 5.41) is 3.12. The van der Waals surface area contributed by atoms with E-state index in [0.717, 1.165) is 19.4 Å². The van der Waals surface area contributed by atoms with Crippen LogP contribution in [0.4, 0.5) is 0 Å². The molecule has 4 heteroatoms. The van der Waals surface area contributed by atoms with Gasteiger partial charge in [-0.15, -0.1) is 0 Å². The van der Waals surface area contributed by atoms with Gasteiger partial charge in [0.1, 0.15) is 0 Å². The fraction of sp³-hybridized carbons (Fsp3) is 0.938. The van der Waals surface area contributed by atoms with Crippen LogP contribution in [0.5, 0.6) is 0 Å². The number of nitrogens with zero attached hydrogens (tertiary/aromatic N) is 1. The molecule has 0 radical (unpaired) electrons. The van der Waals surface area contributed by atoms with Gasteiger partial charge in [-0.05, 0) is 39.7 Å². The summed E-state index contributed by atoms with van der Waals surface area (Å²) >= 11 is 0. The van der Waals surface area contributed by atoms with Gasteiger partial charge in [0.15, 0.2) is 0 Å². The highest BCUT2D eigenvalue weighted by Crippen LogP contribution is 2.18. The molecule has 0 spiro atoms. The highest BCUT2D eigenvalue weighted by molar-refractivity contribution is 5.78. The van der Waals surface area contributed by atoms with Crippen LogP contribution in [0.25, 0.3) is 0 Å². The van der Waals surface area contributed by atoms with Crippen LogP contribution >= 0.6 is 0 Å². The Kier molecular flexibility index (Phi) is 8.15. The summed E-state index contributed by atoms with van der Waals surface area (Å²) in [4.78, 5) is 14.4. The Morgan fingerprint density at radius 3 is 2.75 bits per heavy atom. The van der Waals surface area contributed by atoms with Crippen LogP contribution < -0.4 is 11.1 Å². The van der Waals surface area contributed by atoms with E-state index >= 15 is 0 Å². The van der Waals surface area contributed by atoms with Crippen LogP contribution in [-0.2, 0) is 4.79 Å². The molecular formula is C16H33N3O. The van der Waals surface area contributed by atoms with Gasteiger partial charge in [0.25, 0.3) is 0 Å². The third-order valence-corrected chi connectivity index (χ3v) is 4.27. The Morgan fingerprint density at radius 1 is 1.35 bits per heavy atom. The van der Waals surface area contributed by atoms with Crippen LogP contribution in [-0.4, -0.2) is 42.0 Å². The minimum absolute atomic E-state index is 0.144. The van der Waals surface area contributed by atoms with E-state index in [1.165, 1.54) is 32.1 Å². The third kappa shape index (κ3) is 6.23. The summed E-state index contributed by atoms with van der Waals surface area (Å²) in [6, 6.07) is 0.794. The molecule has 0 bridgehead atoms. The van der Waals surface area contributed by atoms with Crippen LogP contribution in [0.2, 0.25) is 0 Å². The molecule has 20 heavy (non-hydrogen) atoms. The molecule has 3 unspecified atom stereocenters. The van der Waals surface area contributed by atoms with Gasteiger partial charge in [-0.3, -0.25) is 9.69 Å². The van der Waals surface area contributed by atoms with Gasteiger partial charge in [0.2, 0.25) is 5.91 Å². The maximum absolute atomic E-state index is 12.1. The molecule has 1 fully saturated rings. The third-order valence-electron chi connectivity index (χ3n) is 4.27. The average molecular weight is 283 g/mol. The molecular weight excluding hydrogens is 250 g/mol. The summed E-state index contributed by atoms with van der Waals surface area (Å²) in [5.41, 5.74) is 6.04. The average Bonchev–Trinajstić information content (AvgIpc) is 2.39. The second-order valence-electron chi connectivity index (χ2n) is 6.36. The van der Waals surface area contributed by atoms with Crippen molar-refractivity contribution in [3.8, 4) is 0 Å². The van der Waals surface area contributed by atoms with E-state index < -0.39 is 0 Å². The number of amides is 1. The second-order valence-corrected chi connectivity index (χ2v) is 6.36. The van der Waals surface area contributed by atoms with Crippen LogP contribution in [0.1, 0.15) is 65.7 Å². The molecule has 1 aliphatic rings. The van der Waals surface area contributed by atoms with E-state index in [0.29, 0.717) is 12.6 Å². The molecule has 0 aromatic carbocycles. The lowest BCUT2D eigenvalue weighted by atomic mass is 9.97. The predicted octanol–water partition coefficient (Wildman–Crippen LogP) is 2.27. The molecule has 118 valence electrons. The first-order chi connectivity index (χ1) is 9.54. The molecule has 1 amide bonds. The minimum atomic E-state index is 0.144. The summed E-state index contributed by atoms with van der Waals surface area (Å²) in [5.74, 6) is 0.154. The van der Waals surface area contributed by atoms with Crippen molar-refractivity contribution in [1.29, 1.82) is 0 Å². The zero-order valence-corrected chi connectivity index (χ0v) is 13.5. The van der Waals surface area contributed by atoms with Crippen molar-refractivity contribution in [2.75, 3.05) is 13.1 Å². The number of nitrogens with two attached hydrogens (primary N) is 1. The summed E-state index contributed by atoms with van der Waals surface area (Å²) in [6.07, 6.45) is 8.29. The number of hydrogen-bond acceptors (Lipinski definition) is 3. The Bertz CT molecular complexity index is 281. The van der Waals surface area contributed by atoms with E-state index in [-0.39, 0.29) is 18.0 Å². The molecule has 1 rings (SSSR count). The van der Waals surface area contributed by atoms with Gasteiger partial charge in [-0.25, -0.2) is 0 Å². The smallest absolute Gasteiger partial charge is 0.234 e. The van der Waals surface area contributed by atoms with Crippen molar-refractivity contribution >= 4 is 5.91 Å². The van der Waals surface area contributed by atoms with Crippen molar-refractivity contribution in [1.82, 2.24) is 10.2 Å². The number of piperidine rings is 1. The number of unbranched alkanes of at least 4 members (excludes halogenated alkanes) is 2. The number of carbonyl (C=O) groups excluding carboxylic acids is 1. The lowest BCUT2D eigenvalue weighted by Crippen LogP contribution is -2.52. The standard InChI is InChI=1S/C16H33N3O/c1-4-5-6-9-13(2)18-16(20)12-19-11-8-7-10-15(19)14(3)17/h13-15H,4-12,17H2,1-3H3,(H,18,20). The van der Waals surface area contributed by atoms with Crippen LogP contribution in [0.3, 0.4) is 0 Å². The molecule has 3 N–H and O–H groups in total. The first-order valence-electron chi connectivity index (χ1n) is 8.33. The highest BCUT2D eigenvalue weighted by atomic mass is 16.2. The number of likely N-dealkylation sites (tertiary alicyclic amines) is 1. The van der Waals surface area contributed by atoms with E-state index in [4.69, 9.17) is 5.73 Å². The Hall–Kier alpha value is -0.610. The molecule has 0 saturated carbocycles. The Morgan fingerprint density at radius 2 is 2.10 bits per heavy atom. The summed E-state index contributed by atoms with van der Waals surface area (Å²) in [7, 11) is 0. The van der Waals surface area contributed by atoms with Crippen molar-refractivity contribution in [2.24, 2.45) is 5.73 Å².